The Bertz CT molecular complexity index is 7230. The van der Waals surface area contributed by atoms with E-state index in [0.29, 0.717) is 5.56 Å². The summed E-state index contributed by atoms with van der Waals surface area (Å²) >= 11 is 37.3. The third kappa shape index (κ3) is 26.4. The summed E-state index contributed by atoms with van der Waals surface area (Å²) in [6, 6.07) is 0. The second-order valence-corrected chi connectivity index (χ2v) is 53.2. The average molecular weight is 2270 g/mol. The molecule has 71 heteroatoms. The Morgan fingerprint density at radius 1 is 0.366 bits per heavy atom. The van der Waals surface area contributed by atoms with Crippen LogP contribution in [0, 0.1) is 41.5 Å². The Labute approximate surface area is 833 Å². The number of ether oxygens (including phenoxy) is 7. The number of aromatic nitrogens is 16. The van der Waals surface area contributed by atoms with Crippen LogP contribution in [0.3, 0.4) is 0 Å². The maximum atomic E-state index is 14.8. The van der Waals surface area contributed by atoms with Crippen molar-refractivity contribution in [1.29, 1.82) is 0 Å². The third-order valence-electron chi connectivity index (χ3n) is 23.4. The summed E-state index contributed by atoms with van der Waals surface area (Å²) in [6.07, 6.45) is -20.1. The van der Waals surface area contributed by atoms with E-state index >= 15 is 0 Å². The molecule has 28 atom stereocenters. The topological polar surface area (TPSA) is 737 Å². The minimum atomic E-state index is -4.80. The fourth-order valence-corrected chi connectivity index (χ4v) is 26.1. The van der Waals surface area contributed by atoms with Crippen LogP contribution in [0.1, 0.15) is 129 Å². The number of nitrogen functional groups attached to an aromatic ring is 2. The van der Waals surface area contributed by atoms with E-state index in [-0.39, 0.29) is 82.7 Å². The van der Waals surface area contributed by atoms with E-state index in [2.05, 4.69) is 57.1 Å². The lowest BCUT2D eigenvalue weighted by Gasteiger charge is -2.28. The minimum absolute atomic E-state index is 0.0215. The van der Waals surface area contributed by atoms with Crippen molar-refractivity contribution >= 4 is 153 Å². The molecule has 7 fully saturated rings. The van der Waals surface area contributed by atoms with E-state index < -0.39 is 291 Å². The lowest BCUT2D eigenvalue weighted by molar-refractivity contribution is -0.0576. The van der Waals surface area contributed by atoms with Crippen LogP contribution >= 0.6 is 59.4 Å². The maximum Gasteiger partial charge on any atom is 0.386 e. The van der Waals surface area contributed by atoms with Gasteiger partial charge in [0.05, 0.1) is 88.7 Å². The van der Waals surface area contributed by atoms with Gasteiger partial charge in [-0.2, -0.15) is 4.98 Å². The molecule has 57 nitrogen and oxygen atoms in total. The molecule has 7 aliphatic rings. The zero-order valence-electron chi connectivity index (χ0n) is 75.2. The van der Waals surface area contributed by atoms with Crippen molar-refractivity contribution in [2.24, 2.45) is 0 Å². The molecule has 0 radical (unpaired) electrons. The number of hydrogen-bond donors (Lipinski definition) is 14. The molecule has 0 aromatic carbocycles. The second kappa shape index (κ2) is 44.2. The van der Waals surface area contributed by atoms with Crippen molar-refractivity contribution in [2.45, 2.75) is 222 Å². The maximum absolute atomic E-state index is 14.8. The van der Waals surface area contributed by atoms with Crippen LogP contribution in [0.4, 0.5) is 11.6 Å². The highest BCUT2D eigenvalue weighted by Gasteiger charge is 2.52. The molecule has 780 valence electrons. The van der Waals surface area contributed by atoms with Gasteiger partial charge in [0.1, 0.15) is 104 Å². The molecule has 0 bridgehead atoms. The predicted octanol–water partition coefficient (Wildman–Crippen LogP) is 0.663. The Morgan fingerprint density at radius 3 is 0.944 bits per heavy atom. The number of imidazole rings is 1. The summed E-state index contributed by atoms with van der Waals surface area (Å²) in [5, 5.41) is 0. The van der Waals surface area contributed by atoms with Gasteiger partial charge < -0.3 is 128 Å². The zero-order chi connectivity index (χ0) is 103. The predicted molar refractivity (Wildman–Crippen MR) is 515 cm³/mol. The molecule has 0 saturated carbocycles. The number of nitrogens with zero attached hydrogens (tertiary/aromatic N) is 11. The monoisotopic (exact) mass is 2260 g/mol. The standard InChI is InChI=1S/C71H95N18O39P7S7/c1-30-16-83(66(95)77-58(30)72)51-11-39(45(117-51)23-109-130(102,137)122-37-9-50(115-36(37)7)84-17-31(2)61(90)78-67(84)96)124-134(106,141)114-27-49-43(15-56(121-49)89-29-76-57-59(73)74-28-75-60(57)89)128-135(107,142)113-26-48-42(14-55(120-48)88-21-35(6)65(94)82-71(88)100)127-133(105,140)112-25-47-41(13-54(119-47)87-20-34(5)64(93)81-70(87)99)126-132(104,139)111-24-46-40(12-53(118-46)86-19-33(4)63(92)80-69(86)98)125-131(103,138)110-22-44-38(123-129(101,136)108-8)10-52(116-44)85-18-32(3)62(91)79-68(85)97/h16-21,28-29,36-56H,9-15,22-27H2,1-8H3,(H,101,136)(H,102,137)(H,103,138)(H,104,139)(H,105,140)(H,106,141)(H,107,142)(H2,72,77,95)(H2,73,74,75)(H,78,90,96)(H,79,91,97)(H,80,92,98)(H,81,93,99)(H,82,94,100)/t36-,37-,38-,39-,40-,41-,42-,43-,44-,45-,46-,47-,48-,49-,50-,51-,52-,53-,54-,55-,56-,129?,130?,131?,132?,133?,134?,135?/m1/s1. The number of thiol groups is 1. The summed E-state index contributed by atoms with van der Waals surface area (Å²) in [6.45, 7) is -26.4. The smallest absolute Gasteiger partial charge is 0.383 e. The molecule has 8 aromatic rings. The van der Waals surface area contributed by atoms with E-state index in [1.807, 2.05) is 0 Å². The molecule has 142 heavy (non-hydrogen) atoms. The number of fused-ring (bicyclic) bond motifs is 1. The molecule has 15 N–H and O–H groups in total. The Hall–Kier alpha value is -6.17. The highest BCUT2D eigenvalue weighted by atomic mass is 32.7. The summed E-state index contributed by atoms with van der Waals surface area (Å²) in [5.74, 6) is -0.114. The summed E-state index contributed by atoms with van der Waals surface area (Å²) in [4.78, 5) is 240. The lowest BCUT2D eigenvalue weighted by Crippen LogP contribution is -2.33. The van der Waals surface area contributed by atoms with Crippen LogP contribution in [-0.4, -0.2) is 238 Å². The highest BCUT2D eigenvalue weighted by molar-refractivity contribution is 8.44. The van der Waals surface area contributed by atoms with Gasteiger partial charge in [0, 0.05) is 123 Å². The van der Waals surface area contributed by atoms with Gasteiger partial charge in [-0.1, -0.05) is 12.2 Å². The lowest BCUT2D eigenvalue weighted by atomic mass is 10.2. The van der Waals surface area contributed by atoms with Gasteiger partial charge in [-0.3, -0.25) is 89.9 Å². The van der Waals surface area contributed by atoms with Gasteiger partial charge in [-0.25, -0.2) is 48.3 Å². The summed E-state index contributed by atoms with van der Waals surface area (Å²) in [5.41, 5.74) is 4.19. The van der Waals surface area contributed by atoms with Crippen LogP contribution in [0.15, 0.2) is 103 Å². The minimum Gasteiger partial charge on any atom is -0.383 e. The van der Waals surface area contributed by atoms with Gasteiger partial charge in [0.25, 0.3) is 27.8 Å². The number of anilines is 2. The second-order valence-electron chi connectivity index (χ2n) is 33.4. The fourth-order valence-electron chi connectivity index (χ4n) is 16.2. The van der Waals surface area contributed by atoms with Crippen LogP contribution in [0.25, 0.3) is 11.2 Å². The SMILES string of the molecule is COP(O)(=S)O[C@@H]1C[C@H](n2cc(C)c(=O)[nH]c2=O)O[C@@H]1COP(O)(=S)O[C@@H]1C[C@H](n2cc(C)c(=O)[nH]c2=O)O[C@@H]1COP(O)(=S)O[C@@H]1C[C@H](n2cc(C)c(=O)[nH]c2=O)O[C@@H]1COP(O)(=S)O[C@@H]1C[C@H](n2cc(C)c(=O)[nH]c2=O)O[C@@H]1COP(O)(=S)O[C@@H]1C[C@H](n2cnc3c(N)ncnc32)O[C@@H]1COP(=O)(S)O[C@@H]1C[C@H](n2cc(C)c(N)nc2=O)O[C@@H]1COP(O)(=S)O[C@@H]1C[C@H](n2cc(C)c(=O)[nH]c2=O)O[C@@H]1C. The van der Waals surface area contributed by atoms with E-state index in [0.717, 1.165) is 53.2 Å². The van der Waals surface area contributed by atoms with Gasteiger partial charge in [-0.05, 0) is 119 Å². The fraction of sp³-hybridized carbons (Fsp3) is 0.592. The van der Waals surface area contributed by atoms with Crippen LogP contribution in [-0.2, 0) is 172 Å². The Morgan fingerprint density at radius 2 is 0.627 bits per heavy atom. The van der Waals surface area contributed by atoms with Gasteiger partial charge in [-0.15, -0.1) is 0 Å². The first kappa shape index (κ1) is 110. The molecular formula is C71H95N18O39P7S7. The van der Waals surface area contributed by atoms with Gasteiger partial charge in [0.15, 0.2) is 11.5 Å². The average Bonchev–Trinajstić information content (AvgIpc) is 1.66. The highest BCUT2D eigenvalue weighted by Crippen LogP contribution is 2.60. The molecule has 7 aliphatic heterocycles. The molecule has 15 heterocycles. The quantitative estimate of drug-likeness (QED) is 0.0185. The molecule has 15 rings (SSSR count). The van der Waals surface area contributed by atoms with Gasteiger partial charge >= 0.3 is 81.2 Å². The van der Waals surface area contributed by atoms with Crippen molar-refractivity contribution < 1.29 is 130 Å². The number of aromatic amines is 5. The largest absolute Gasteiger partial charge is 0.386 e. The molecular weight excluding hydrogens is 2170 g/mol. The molecule has 7 unspecified atom stereocenters. The first-order valence-corrected chi connectivity index (χ1v) is 60.8. The molecule has 8 aromatic heterocycles. The summed E-state index contributed by atoms with van der Waals surface area (Å²) in [7, 11) is 1.08. The molecule has 0 amide bonds. The van der Waals surface area contributed by atoms with Crippen LogP contribution in [0.2, 0.25) is 0 Å². The van der Waals surface area contributed by atoms with Crippen molar-refractivity contribution in [1.82, 2.24) is 76.8 Å². The van der Waals surface area contributed by atoms with Crippen molar-refractivity contribution in [2.75, 3.05) is 58.2 Å². The molecule has 0 aliphatic carbocycles. The number of hydrogen-bond acceptors (Lipinski definition) is 45. The molecule has 0 spiro atoms. The Kier molecular flexibility index (Phi) is 34.2. The number of rotatable bonds is 40. The number of nitrogens with two attached hydrogens (primary N) is 2. The van der Waals surface area contributed by atoms with Crippen LogP contribution in [0.5, 0.6) is 0 Å². The first-order valence-electron chi connectivity index (χ1n) is 42.5. The van der Waals surface area contributed by atoms with Crippen molar-refractivity contribution in [3.05, 3.63) is 198 Å². The number of nitrogens with one attached hydrogen (secondary N) is 5. The third-order valence-corrected chi connectivity index (χ3v) is 34.7. The first-order chi connectivity index (χ1) is 66.5. The van der Waals surface area contributed by atoms with Crippen LogP contribution < -0.4 is 73.4 Å². The van der Waals surface area contributed by atoms with Crippen molar-refractivity contribution in [3.63, 3.8) is 0 Å². The van der Waals surface area contributed by atoms with E-state index in [1.54, 1.807) is 13.8 Å². The zero-order valence-corrected chi connectivity index (χ0v) is 87.2. The van der Waals surface area contributed by atoms with Gasteiger partial charge in [0.2, 0.25) is 0 Å². The number of aryl methyl sites for hydroxylation is 6. The van der Waals surface area contributed by atoms with E-state index in [9.17, 15) is 86.7 Å². The summed E-state index contributed by atoms with van der Waals surface area (Å²) < 4.78 is 149. The number of H-pyrrole nitrogens is 5. The normalized spacial score (nSPS) is 29.9. The van der Waals surface area contributed by atoms with E-state index in [1.165, 1.54) is 70.3 Å². The van der Waals surface area contributed by atoms with Crippen molar-refractivity contribution in [3.8, 4) is 0 Å². The Balaban J connectivity index is 0.634. The van der Waals surface area contributed by atoms with E-state index in [4.69, 9.17) is 179 Å². The molecule has 7 saturated heterocycles.